The van der Waals surface area contributed by atoms with Gasteiger partial charge in [-0.3, -0.25) is 9.59 Å². The number of hydrogen-bond donors (Lipinski definition) is 2. The molecular weight excluding hydrogens is 364 g/mol. The number of nitrogens with one attached hydrogen (secondary N) is 2. The zero-order chi connectivity index (χ0) is 20.2. The topological polar surface area (TPSA) is 67.4 Å². The van der Waals surface area contributed by atoms with Crippen LogP contribution in [0.5, 0.6) is 5.75 Å². The van der Waals surface area contributed by atoms with E-state index in [1.807, 2.05) is 49.4 Å². The van der Waals surface area contributed by atoms with Gasteiger partial charge >= 0.3 is 0 Å². The lowest BCUT2D eigenvalue weighted by molar-refractivity contribution is -0.115. The van der Waals surface area contributed by atoms with Gasteiger partial charge in [-0.1, -0.05) is 54.6 Å². The third-order valence-corrected chi connectivity index (χ3v) is 4.70. The van der Waals surface area contributed by atoms with Crippen molar-refractivity contribution in [3.8, 4) is 5.75 Å². The normalized spacial score (nSPS) is 15.1. The van der Waals surface area contributed by atoms with Gasteiger partial charge in [0.25, 0.3) is 11.8 Å². The molecule has 1 aliphatic rings. The van der Waals surface area contributed by atoms with E-state index in [2.05, 4.69) is 10.6 Å². The van der Waals surface area contributed by atoms with Crippen molar-refractivity contribution in [2.24, 2.45) is 0 Å². The molecule has 29 heavy (non-hydrogen) atoms. The fourth-order valence-corrected chi connectivity index (χ4v) is 3.09. The third kappa shape index (κ3) is 4.19. The maximum absolute atomic E-state index is 12.5. The summed E-state index contributed by atoms with van der Waals surface area (Å²) in [6.45, 7) is 1.95. The van der Waals surface area contributed by atoms with E-state index >= 15 is 0 Å². The Hall–Kier alpha value is -3.86. The minimum Gasteiger partial charge on any atom is -0.449 e. The van der Waals surface area contributed by atoms with Gasteiger partial charge in [0, 0.05) is 5.56 Å². The van der Waals surface area contributed by atoms with Crippen LogP contribution in [0.3, 0.4) is 0 Å². The number of ether oxygens (including phenoxy) is 1. The molecule has 1 heterocycles. The van der Waals surface area contributed by atoms with Gasteiger partial charge in [-0.2, -0.15) is 0 Å². The van der Waals surface area contributed by atoms with E-state index < -0.39 is 0 Å². The molecule has 3 aromatic carbocycles. The predicted molar refractivity (Wildman–Crippen MR) is 112 cm³/mol. The van der Waals surface area contributed by atoms with Crippen LogP contribution in [0.4, 0.5) is 5.69 Å². The molecule has 0 aromatic heterocycles. The molecule has 0 saturated carbocycles. The Morgan fingerprint density at radius 2 is 1.66 bits per heavy atom. The van der Waals surface area contributed by atoms with Crippen LogP contribution >= 0.6 is 0 Å². The second-order valence-electron chi connectivity index (χ2n) is 6.79. The quantitative estimate of drug-likeness (QED) is 0.649. The smallest absolute Gasteiger partial charge is 0.291 e. The molecule has 0 fully saturated rings. The number of hydrogen-bond acceptors (Lipinski definition) is 3. The van der Waals surface area contributed by atoms with Crippen molar-refractivity contribution in [1.82, 2.24) is 5.32 Å². The number of carbonyl (C=O) groups excluding carboxylic acids is 2. The SMILES string of the molecule is CC(NC(=O)c1ccc(/C=C2\Oc3ccccc3NC2=O)cc1)c1ccccc1. The van der Waals surface area contributed by atoms with Crippen LogP contribution < -0.4 is 15.4 Å². The van der Waals surface area contributed by atoms with Gasteiger partial charge in [0.05, 0.1) is 11.7 Å². The van der Waals surface area contributed by atoms with Crippen molar-refractivity contribution < 1.29 is 14.3 Å². The highest BCUT2D eigenvalue weighted by atomic mass is 16.5. The van der Waals surface area contributed by atoms with Gasteiger partial charge in [0.1, 0.15) is 0 Å². The lowest BCUT2D eigenvalue weighted by Crippen LogP contribution is -2.26. The summed E-state index contributed by atoms with van der Waals surface area (Å²) in [6.07, 6.45) is 1.65. The maximum Gasteiger partial charge on any atom is 0.291 e. The number of amides is 2. The number of benzene rings is 3. The van der Waals surface area contributed by atoms with Gasteiger partial charge in [-0.05, 0) is 48.4 Å². The minimum atomic E-state index is -0.304. The summed E-state index contributed by atoms with van der Waals surface area (Å²) in [5, 5.41) is 5.79. The second-order valence-corrected chi connectivity index (χ2v) is 6.79. The monoisotopic (exact) mass is 384 g/mol. The average Bonchev–Trinajstić information content (AvgIpc) is 2.75. The van der Waals surface area contributed by atoms with Crippen LogP contribution in [0.25, 0.3) is 6.08 Å². The first kappa shape index (κ1) is 18.5. The molecule has 1 atom stereocenters. The molecule has 144 valence electrons. The van der Waals surface area contributed by atoms with Gasteiger partial charge in [0.2, 0.25) is 0 Å². The molecule has 2 N–H and O–H groups in total. The number of carbonyl (C=O) groups is 2. The molecule has 0 aliphatic carbocycles. The highest BCUT2D eigenvalue weighted by Gasteiger charge is 2.21. The number of rotatable bonds is 4. The largest absolute Gasteiger partial charge is 0.449 e. The number of fused-ring (bicyclic) bond motifs is 1. The zero-order valence-electron chi connectivity index (χ0n) is 15.9. The van der Waals surface area contributed by atoms with Gasteiger partial charge in [0.15, 0.2) is 11.5 Å². The highest BCUT2D eigenvalue weighted by Crippen LogP contribution is 2.30. The molecule has 0 saturated heterocycles. The molecule has 0 bridgehead atoms. The lowest BCUT2D eigenvalue weighted by Gasteiger charge is -2.19. The van der Waals surface area contributed by atoms with Crippen molar-refractivity contribution in [2.45, 2.75) is 13.0 Å². The Balaban J connectivity index is 1.46. The van der Waals surface area contributed by atoms with Crippen molar-refractivity contribution in [3.63, 3.8) is 0 Å². The Kier molecular flexibility index (Phi) is 5.12. The minimum absolute atomic E-state index is 0.0927. The molecule has 1 aliphatic heterocycles. The summed E-state index contributed by atoms with van der Waals surface area (Å²) < 4.78 is 5.70. The Bertz CT molecular complexity index is 1070. The molecular formula is C24H20N2O3. The molecule has 5 nitrogen and oxygen atoms in total. The molecule has 5 heteroatoms. The van der Waals surface area contributed by atoms with Crippen molar-refractivity contribution in [2.75, 3.05) is 5.32 Å². The first-order chi connectivity index (χ1) is 14.1. The van der Waals surface area contributed by atoms with E-state index in [1.54, 1.807) is 42.5 Å². The zero-order valence-corrected chi connectivity index (χ0v) is 15.9. The standard InChI is InChI=1S/C24H20N2O3/c1-16(18-7-3-2-4-8-18)25-23(27)19-13-11-17(12-14-19)15-22-24(28)26-20-9-5-6-10-21(20)29-22/h2-16H,1H3,(H,25,27)(H,26,28)/b22-15-. The maximum atomic E-state index is 12.5. The van der Waals surface area contributed by atoms with Crippen LogP contribution in [0.1, 0.15) is 34.5 Å². The van der Waals surface area contributed by atoms with Crippen LogP contribution in [-0.4, -0.2) is 11.8 Å². The average molecular weight is 384 g/mol. The fourth-order valence-electron chi connectivity index (χ4n) is 3.09. The van der Waals surface area contributed by atoms with Crippen LogP contribution in [0, 0.1) is 0 Å². The Morgan fingerprint density at radius 3 is 2.41 bits per heavy atom. The first-order valence-electron chi connectivity index (χ1n) is 9.36. The molecule has 3 aromatic rings. The predicted octanol–water partition coefficient (Wildman–Crippen LogP) is 4.55. The van der Waals surface area contributed by atoms with E-state index in [9.17, 15) is 9.59 Å². The summed E-state index contributed by atoms with van der Waals surface area (Å²) in [7, 11) is 0. The molecule has 0 radical (unpaired) electrons. The summed E-state index contributed by atoms with van der Waals surface area (Å²) in [4.78, 5) is 24.7. The summed E-state index contributed by atoms with van der Waals surface area (Å²) in [6, 6.07) is 24.0. The molecule has 1 unspecified atom stereocenters. The third-order valence-electron chi connectivity index (χ3n) is 4.70. The van der Waals surface area contributed by atoms with Gasteiger partial charge in [-0.15, -0.1) is 0 Å². The van der Waals surface area contributed by atoms with Gasteiger partial charge in [-0.25, -0.2) is 0 Å². The van der Waals surface area contributed by atoms with Crippen molar-refractivity contribution in [3.05, 3.63) is 101 Å². The molecule has 4 rings (SSSR count). The number of anilines is 1. The van der Waals surface area contributed by atoms with E-state index in [-0.39, 0.29) is 23.6 Å². The summed E-state index contributed by atoms with van der Waals surface area (Å²) in [5.74, 6) is 0.353. The van der Waals surface area contributed by atoms with E-state index in [0.29, 0.717) is 17.0 Å². The van der Waals surface area contributed by atoms with Crippen LogP contribution in [0.2, 0.25) is 0 Å². The van der Waals surface area contributed by atoms with E-state index in [1.165, 1.54) is 0 Å². The Morgan fingerprint density at radius 1 is 0.966 bits per heavy atom. The van der Waals surface area contributed by atoms with Crippen molar-refractivity contribution in [1.29, 1.82) is 0 Å². The van der Waals surface area contributed by atoms with E-state index in [4.69, 9.17) is 4.74 Å². The second kappa shape index (κ2) is 8.02. The Labute approximate surface area is 169 Å². The number of para-hydroxylation sites is 2. The van der Waals surface area contributed by atoms with Crippen molar-refractivity contribution >= 4 is 23.6 Å². The first-order valence-corrected chi connectivity index (χ1v) is 9.36. The summed E-state index contributed by atoms with van der Waals surface area (Å²) >= 11 is 0. The van der Waals surface area contributed by atoms with Crippen LogP contribution in [0.15, 0.2) is 84.6 Å². The van der Waals surface area contributed by atoms with E-state index in [0.717, 1.165) is 11.1 Å². The van der Waals surface area contributed by atoms with Crippen LogP contribution in [-0.2, 0) is 4.79 Å². The van der Waals surface area contributed by atoms with Gasteiger partial charge < -0.3 is 15.4 Å². The molecule has 0 spiro atoms. The fraction of sp³-hybridized carbons (Fsp3) is 0.0833. The molecule has 2 amide bonds. The summed E-state index contributed by atoms with van der Waals surface area (Å²) in [5.41, 5.74) is 3.01. The lowest BCUT2D eigenvalue weighted by atomic mass is 10.1. The highest BCUT2D eigenvalue weighted by molar-refractivity contribution is 6.08.